The van der Waals surface area contributed by atoms with Gasteiger partial charge in [0, 0.05) is 9.50 Å². The van der Waals surface area contributed by atoms with Crippen LogP contribution in [0, 0.1) is 0 Å². The summed E-state index contributed by atoms with van der Waals surface area (Å²) in [6.07, 6.45) is 0. The molecule has 3 N–H and O–H groups in total. The molecule has 1 rings (SSSR count). The summed E-state index contributed by atoms with van der Waals surface area (Å²) in [5, 5.41) is 8.65. The summed E-state index contributed by atoms with van der Waals surface area (Å²) in [5.74, 6) is -3.38. The molecule has 84 valence electrons. The second-order valence-electron chi connectivity index (χ2n) is 3.06. The highest BCUT2D eigenvalue weighted by molar-refractivity contribution is 9.10. The van der Waals surface area contributed by atoms with E-state index in [2.05, 4.69) is 15.9 Å². The molecule has 0 radical (unpaired) electrons. The summed E-state index contributed by atoms with van der Waals surface area (Å²) in [7, 11) is 0. The summed E-state index contributed by atoms with van der Waals surface area (Å²) in [6, 6.07) is 2.88. The summed E-state index contributed by atoms with van der Waals surface area (Å²) < 4.78 is 26.8. The molecule has 1 aromatic rings. The van der Waals surface area contributed by atoms with E-state index >= 15 is 0 Å². The summed E-state index contributed by atoms with van der Waals surface area (Å²) in [5.41, 5.74) is 5.44. The van der Waals surface area contributed by atoms with Gasteiger partial charge in [-0.25, -0.2) is 8.78 Å². The maximum Gasteiger partial charge on any atom is 0.289 e. The monoisotopic (exact) mass is 299 g/mol. The number of hydrogen-bond donors (Lipinski definition) is 2. The highest BCUT2D eigenvalue weighted by atomic mass is 79.9. The Bertz CT molecular complexity index is 362. The Hall–Kier alpha value is -0.230. The van der Waals surface area contributed by atoms with Crippen LogP contribution in [-0.2, 0) is 0 Å². The number of aliphatic hydroxyl groups is 1. The Morgan fingerprint density at radius 2 is 2.13 bits per heavy atom. The summed E-state index contributed by atoms with van der Waals surface area (Å²) >= 11 is 8.87. The minimum Gasteiger partial charge on any atom is -0.390 e. The largest absolute Gasteiger partial charge is 0.390 e. The molecular formula is C9H9BrClF2NO. The van der Waals surface area contributed by atoms with E-state index < -0.39 is 18.6 Å². The van der Waals surface area contributed by atoms with Crippen LogP contribution in [0.3, 0.4) is 0 Å². The van der Waals surface area contributed by atoms with Crippen LogP contribution in [0.25, 0.3) is 0 Å². The first-order chi connectivity index (χ1) is 6.88. The molecule has 1 atom stereocenters. The van der Waals surface area contributed by atoms with E-state index in [9.17, 15) is 8.78 Å². The van der Waals surface area contributed by atoms with Gasteiger partial charge in [-0.2, -0.15) is 0 Å². The van der Waals surface area contributed by atoms with Gasteiger partial charge >= 0.3 is 0 Å². The molecule has 0 aliphatic carbocycles. The molecule has 15 heavy (non-hydrogen) atoms. The summed E-state index contributed by atoms with van der Waals surface area (Å²) in [6.45, 7) is -1.31. The number of alkyl halides is 2. The Balaban J connectivity index is 3.10. The topological polar surface area (TPSA) is 46.2 Å². The van der Waals surface area contributed by atoms with Crippen molar-refractivity contribution in [3.05, 3.63) is 33.3 Å². The average molecular weight is 301 g/mol. The first kappa shape index (κ1) is 12.8. The smallest absolute Gasteiger partial charge is 0.289 e. The van der Waals surface area contributed by atoms with Crippen LogP contribution < -0.4 is 5.73 Å². The molecule has 0 aliphatic heterocycles. The number of rotatable bonds is 3. The quantitative estimate of drug-likeness (QED) is 0.901. The SMILES string of the molecule is N[C@@H](c1cc(Br)ccc1Cl)C(F)(F)CO. The molecule has 0 spiro atoms. The molecule has 0 saturated heterocycles. The van der Waals surface area contributed by atoms with Crippen LogP contribution in [0.1, 0.15) is 11.6 Å². The number of aliphatic hydroxyl groups excluding tert-OH is 1. The lowest BCUT2D eigenvalue weighted by atomic mass is 10.0. The van der Waals surface area contributed by atoms with Crippen molar-refractivity contribution in [2.45, 2.75) is 12.0 Å². The predicted octanol–water partition coefficient (Wildman–Crippen LogP) is 2.73. The Kier molecular flexibility index (Phi) is 4.06. The van der Waals surface area contributed by atoms with Gasteiger partial charge in [0.2, 0.25) is 0 Å². The molecule has 0 bridgehead atoms. The first-order valence-corrected chi connectivity index (χ1v) is 5.25. The third kappa shape index (κ3) is 2.87. The van der Waals surface area contributed by atoms with Crippen LogP contribution in [0.15, 0.2) is 22.7 Å². The fourth-order valence-electron chi connectivity index (χ4n) is 1.08. The van der Waals surface area contributed by atoms with Gasteiger partial charge in [-0.15, -0.1) is 0 Å². The lowest BCUT2D eigenvalue weighted by Crippen LogP contribution is -2.36. The van der Waals surface area contributed by atoms with E-state index in [1.54, 1.807) is 6.07 Å². The number of nitrogens with two attached hydrogens (primary N) is 1. The second kappa shape index (κ2) is 4.74. The zero-order valence-corrected chi connectivity index (χ0v) is 9.89. The number of hydrogen-bond acceptors (Lipinski definition) is 2. The Labute approximate surface area is 99.2 Å². The van der Waals surface area contributed by atoms with Crippen molar-refractivity contribution in [1.29, 1.82) is 0 Å². The molecule has 0 heterocycles. The Morgan fingerprint density at radius 1 is 1.53 bits per heavy atom. The van der Waals surface area contributed by atoms with Crippen molar-refractivity contribution in [1.82, 2.24) is 0 Å². The lowest BCUT2D eigenvalue weighted by molar-refractivity contribution is -0.0711. The maximum absolute atomic E-state index is 13.1. The second-order valence-corrected chi connectivity index (χ2v) is 4.39. The minimum absolute atomic E-state index is 0.102. The van der Waals surface area contributed by atoms with Crippen molar-refractivity contribution in [3.8, 4) is 0 Å². The van der Waals surface area contributed by atoms with Gasteiger partial charge in [0.15, 0.2) is 0 Å². The molecular weight excluding hydrogens is 291 g/mol. The van der Waals surface area contributed by atoms with Gasteiger partial charge in [0.05, 0.1) is 6.04 Å². The van der Waals surface area contributed by atoms with E-state index in [1.165, 1.54) is 12.1 Å². The van der Waals surface area contributed by atoms with E-state index in [0.29, 0.717) is 4.47 Å². The van der Waals surface area contributed by atoms with Gasteiger partial charge in [-0.05, 0) is 23.8 Å². The Morgan fingerprint density at radius 3 is 2.67 bits per heavy atom. The van der Waals surface area contributed by atoms with Crippen molar-refractivity contribution < 1.29 is 13.9 Å². The van der Waals surface area contributed by atoms with Crippen molar-refractivity contribution in [2.75, 3.05) is 6.61 Å². The van der Waals surface area contributed by atoms with E-state index in [0.717, 1.165) is 0 Å². The minimum atomic E-state index is -3.38. The fourth-order valence-corrected chi connectivity index (χ4v) is 1.69. The summed E-state index contributed by atoms with van der Waals surface area (Å²) in [4.78, 5) is 0. The zero-order chi connectivity index (χ0) is 11.6. The highest BCUT2D eigenvalue weighted by Crippen LogP contribution is 2.34. The molecule has 6 heteroatoms. The van der Waals surface area contributed by atoms with E-state index in [-0.39, 0.29) is 10.6 Å². The molecule has 0 amide bonds. The average Bonchev–Trinajstić information content (AvgIpc) is 2.20. The van der Waals surface area contributed by atoms with Crippen LogP contribution in [0.5, 0.6) is 0 Å². The normalized spacial score (nSPS) is 14.0. The third-order valence-corrected chi connectivity index (χ3v) is 2.80. The van der Waals surface area contributed by atoms with Crippen LogP contribution >= 0.6 is 27.5 Å². The van der Waals surface area contributed by atoms with Crippen LogP contribution in [0.4, 0.5) is 8.78 Å². The highest BCUT2D eigenvalue weighted by Gasteiger charge is 2.38. The van der Waals surface area contributed by atoms with Crippen LogP contribution in [0.2, 0.25) is 5.02 Å². The number of benzene rings is 1. The van der Waals surface area contributed by atoms with Crippen LogP contribution in [-0.4, -0.2) is 17.6 Å². The van der Waals surface area contributed by atoms with Gasteiger partial charge in [0.1, 0.15) is 6.61 Å². The molecule has 2 nitrogen and oxygen atoms in total. The molecule has 0 saturated carbocycles. The van der Waals surface area contributed by atoms with E-state index in [4.69, 9.17) is 22.4 Å². The van der Waals surface area contributed by atoms with Crippen molar-refractivity contribution in [2.24, 2.45) is 5.73 Å². The third-order valence-electron chi connectivity index (χ3n) is 1.96. The number of halogens is 4. The van der Waals surface area contributed by atoms with Gasteiger partial charge in [-0.1, -0.05) is 27.5 Å². The standard InChI is InChI=1S/C9H9BrClF2NO/c10-5-1-2-7(11)6(3-5)8(14)9(12,13)4-15/h1-3,8,15H,4,14H2/t8-/m0/s1. The van der Waals surface area contributed by atoms with E-state index in [1.807, 2.05) is 0 Å². The fraction of sp³-hybridized carbons (Fsp3) is 0.333. The molecule has 0 aromatic heterocycles. The predicted molar refractivity (Wildman–Crippen MR) is 58.1 cm³/mol. The van der Waals surface area contributed by atoms with Crippen molar-refractivity contribution in [3.63, 3.8) is 0 Å². The molecule has 0 aliphatic rings. The van der Waals surface area contributed by atoms with Gasteiger partial charge in [-0.3, -0.25) is 0 Å². The molecule has 1 aromatic carbocycles. The van der Waals surface area contributed by atoms with Gasteiger partial charge < -0.3 is 10.8 Å². The zero-order valence-electron chi connectivity index (χ0n) is 7.55. The molecule has 0 fully saturated rings. The lowest BCUT2D eigenvalue weighted by Gasteiger charge is -2.22. The first-order valence-electron chi connectivity index (χ1n) is 4.07. The maximum atomic E-state index is 13.1. The van der Waals surface area contributed by atoms with Gasteiger partial charge in [0.25, 0.3) is 5.92 Å². The van der Waals surface area contributed by atoms with Crippen molar-refractivity contribution >= 4 is 27.5 Å². The molecule has 0 unspecified atom stereocenters.